The van der Waals surface area contributed by atoms with Crippen molar-refractivity contribution in [2.45, 2.75) is 37.9 Å². The minimum Gasteiger partial charge on any atom is -0.349 e. The second-order valence-electron chi connectivity index (χ2n) is 7.80. The Balaban J connectivity index is 1.69. The fraction of sp³-hybridized carbons (Fsp3) is 0.261. The van der Waals surface area contributed by atoms with Gasteiger partial charge in [0.15, 0.2) is 11.3 Å². The molecule has 8 heteroatoms. The molecule has 5 rings (SSSR count). The molecule has 0 spiro atoms. The van der Waals surface area contributed by atoms with E-state index in [1.54, 1.807) is 12.1 Å². The van der Waals surface area contributed by atoms with Gasteiger partial charge in [0.25, 0.3) is 5.91 Å². The molecule has 1 amide bonds. The molecule has 0 aliphatic heterocycles. The number of hydrogen-bond acceptors (Lipinski definition) is 3. The highest BCUT2D eigenvalue weighted by Gasteiger charge is 2.36. The summed E-state index contributed by atoms with van der Waals surface area (Å²) in [4.78, 5) is 17.3. The molecule has 2 aromatic carbocycles. The summed E-state index contributed by atoms with van der Waals surface area (Å²) in [5, 5.41) is 8.43. The van der Waals surface area contributed by atoms with E-state index in [-0.39, 0.29) is 22.9 Å². The molecule has 0 saturated heterocycles. The molecule has 4 aromatic rings. The molecule has 0 unspecified atom stereocenters. The Labute approximate surface area is 175 Å². The number of nitrogens with one attached hydrogen (secondary N) is 1. The second-order valence-corrected chi connectivity index (χ2v) is 7.80. The average Bonchev–Trinajstić information content (AvgIpc) is 3.41. The van der Waals surface area contributed by atoms with E-state index in [4.69, 9.17) is 0 Å². The van der Waals surface area contributed by atoms with E-state index in [9.17, 15) is 18.0 Å². The van der Waals surface area contributed by atoms with Gasteiger partial charge in [-0.05, 0) is 29.7 Å². The normalized spacial score (nSPS) is 15.1. The predicted molar refractivity (Wildman–Crippen MR) is 111 cm³/mol. The highest BCUT2D eigenvalue weighted by atomic mass is 19.4. The van der Waals surface area contributed by atoms with Crippen molar-refractivity contribution in [1.82, 2.24) is 19.9 Å². The van der Waals surface area contributed by atoms with E-state index in [1.165, 1.54) is 0 Å². The first-order chi connectivity index (χ1) is 14.9. The van der Waals surface area contributed by atoms with Crippen molar-refractivity contribution < 1.29 is 18.0 Å². The molecule has 2 aromatic heterocycles. The van der Waals surface area contributed by atoms with Gasteiger partial charge in [0, 0.05) is 11.6 Å². The van der Waals surface area contributed by atoms with Crippen molar-refractivity contribution >= 4 is 22.3 Å². The summed E-state index contributed by atoms with van der Waals surface area (Å²) >= 11 is 0. The largest absolute Gasteiger partial charge is 0.433 e. The number of amides is 1. The topological polar surface area (TPSA) is 59.3 Å². The molecular formula is C23H19F3N4O. The van der Waals surface area contributed by atoms with Crippen molar-refractivity contribution in [1.29, 1.82) is 0 Å². The van der Waals surface area contributed by atoms with Gasteiger partial charge in [-0.15, -0.1) is 0 Å². The lowest BCUT2D eigenvalue weighted by Crippen LogP contribution is -2.32. The van der Waals surface area contributed by atoms with Crippen molar-refractivity contribution in [3.8, 4) is 11.3 Å². The Kier molecular flexibility index (Phi) is 4.64. The molecule has 1 N–H and O–H groups in total. The van der Waals surface area contributed by atoms with Crippen molar-refractivity contribution in [2.75, 3.05) is 0 Å². The smallest absolute Gasteiger partial charge is 0.349 e. The van der Waals surface area contributed by atoms with Crippen molar-refractivity contribution in [3.63, 3.8) is 0 Å². The van der Waals surface area contributed by atoms with Crippen LogP contribution in [0.4, 0.5) is 13.2 Å². The van der Waals surface area contributed by atoms with Gasteiger partial charge in [-0.1, -0.05) is 55.3 Å². The quantitative estimate of drug-likeness (QED) is 0.489. The van der Waals surface area contributed by atoms with E-state index < -0.39 is 17.8 Å². The zero-order chi connectivity index (χ0) is 21.6. The third kappa shape index (κ3) is 3.52. The molecule has 31 heavy (non-hydrogen) atoms. The summed E-state index contributed by atoms with van der Waals surface area (Å²) in [6.07, 6.45) is 0.296. The number of rotatable bonds is 3. The lowest BCUT2D eigenvalue weighted by Gasteiger charge is -2.14. The van der Waals surface area contributed by atoms with Gasteiger partial charge in [-0.3, -0.25) is 4.79 Å². The van der Waals surface area contributed by atoms with Crippen LogP contribution in [-0.4, -0.2) is 26.5 Å². The first-order valence-electron chi connectivity index (χ1n) is 10.2. The molecule has 1 fully saturated rings. The van der Waals surface area contributed by atoms with Crippen LogP contribution >= 0.6 is 0 Å². The minimum absolute atomic E-state index is 0.0331. The first-order valence-corrected chi connectivity index (χ1v) is 10.2. The zero-order valence-electron chi connectivity index (χ0n) is 16.5. The molecule has 0 radical (unpaired) electrons. The first kappa shape index (κ1) is 19.5. The summed E-state index contributed by atoms with van der Waals surface area (Å²) in [6, 6.07) is 13.8. The number of fused-ring (bicyclic) bond motifs is 2. The molecule has 158 valence electrons. The number of carbonyl (C=O) groups is 1. The Bertz CT molecular complexity index is 1280. The zero-order valence-corrected chi connectivity index (χ0v) is 16.5. The SMILES string of the molecule is O=C(NC1CCCC1)c1cnn2c(C(F)(F)F)cc(-c3cccc4ccccc34)nc12. The standard InChI is InChI=1S/C23H19F3N4O/c24-23(25,26)20-12-19(17-11-5-7-14-6-1-4-10-16(14)17)29-21-18(13-27-30(20)21)22(31)28-15-8-2-3-9-15/h1,4-7,10-13,15H,2-3,8-9H2,(H,28,31). The number of nitrogens with zero attached hydrogens (tertiary/aromatic N) is 3. The Hall–Kier alpha value is -3.42. The third-order valence-electron chi connectivity index (χ3n) is 5.76. The van der Waals surface area contributed by atoms with Crippen molar-refractivity contribution in [3.05, 3.63) is 66.0 Å². The van der Waals surface area contributed by atoms with Gasteiger partial charge in [0.1, 0.15) is 5.56 Å². The van der Waals surface area contributed by atoms with E-state index >= 15 is 0 Å². The van der Waals surface area contributed by atoms with Gasteiger partial charge < -0.3 is 5.32 Å². The van der Waals surface area contributed by atoms with E-state index in [0.29, 0.717) is 10.1 Å². The summed E-state index contributed by atoms with van der Waals surface area (Å²) in [7, 11) is 0. The van der Waals surface area contributed by atoms with Gasteiger partial charge in [0.2, 0.25) is 0 Å². The minimum atomic E-state index is -4.66. The molecule has 2 heterocycles. The van der Waals surface area contributed by atoms with Crippen LogP contribution in [0, 0.1) is 0 Å². The predicted octanol–water partition coefficient (Wildman–Crippen LogP) is 5.24. The van der Waals surface area contributed by atoms with E-state index in [1.807, 2.05) is 30.3 Å². The summed E-state index contributed by atoms with van der Waals surface area (Å²) in [6.45, 7) is 0. The number of benzene rings is 2. The van der Waals surface area contributed by atoms with E-state index in [2.05, 4.69) is 15.4 Å². The molecule has 1 saturated carbocycles. The van der Waals surface area contributed by atoms with Gasteiger partial charge >= 0.3 is 6.18 Å². The monoisotopic (exact) mass is 424 g/mol. The Morgan fingerprint density at radius 1 is 1.06 bits per heavy atom. The van der Waals surface area contributed by atoms with Crippen LogP contribution in [0.5, 0.6) is 0 Å². The number of halogens is 3. The maximum atomic E-state index is 13.9. The molecule has 0 bridgehead atoms. The summed E-state index contributed by atoms with van der Waals surface area (Å²) < 4.78 is 42.3. The van der Waals surface area contributed by atoms with Crippen LogP contribution < -0.4 is 5.32 Å². The molecule has 5 nitrogen and oxygen atoms in total. The highest BCUT2D eigenvalue weighted by Crippen LogP contribution is 2.35. The van der Waals surface area contributed by atoms with Crippen LogP contribution in [-0.2, 0) is 6.18 Å². The van der Waals surface area contributed by atoms with Crippen LogP contribution in [0.25, 0.3) is 27.7 Å². The van der Waals surface area contributed by atoms with Gasteiger partial charge in [-0.25, -0.2) is 9.50 Å². The molecular weight excluding hydrogens is 405 g/mol. The van der Waals surface area contributed by atoms with Crippen LogP contribution in [0.1, 0.15) is 41.7 Å². The lowest BCUT2D eigenvalue weighted by molar-refractivity contribution is -0.142. The highest BCUT2D eigenvalue weighted by molar-refractivity contribution is 6.01. The maximum Gasteiger partial charge on any atom is 0.433 e. The fourth-order valence-electron chi connectivity index (χ4n) is 4.25. The molecule has 0 atom stereocenters. The van der Waals surface area contributed by atoms with E-state index in [0.717, 1.165) is 48.7 Å². The van der Waals surface area contributed by atoms with Crippen LogP contribution in [0.3, 0.4) is 0 Å². The number of hydrogen-bond donors (Lipinski definition) is 1. The summed E-state index contributed by atoms with van der Waals surface area (Å²) in [5.41, 5.74) is -0.324. The third-order valence-corrected chi connectivity index (χ3v) is 5.76. The number of alkyl halides is 3. The average molecular weight is 424 g/mol. The number of aromatic nitrogens is 3. The second kappa shape index (κ2) is 7.37. The fourth-order valence-corrected chi connectivity index (χ4v) is 4.25. The van der Waals surface area contributed by atoms with Gasteiger partial charge in [-0.2, -0.15) is 18.3 Å². The van der Waals surface area contributed by atoms with Crippen LogP contribution in [0.15, 0.2) is 54.7 Å². The molecule has 1 aliphatic rings. The lowest BCUT2D eigenvalue weighted by atomic mass is 10.0. The molecule has 1 aliphatic carbocycles. The van der Waals surface area contributed by atoms with Crippen molar-refractivity contribution in [2.24, 2.45) is 0 Å². The maximum absolute atomic E-state index is 13.9. The number of carbonyl (C=O) groups excluding carboxylic acids is 1. The van der Waals surface area contributed by atoms with Crippen LogP contribution in [0.2, 0.25) is 0 Å². The Morgan fingerprint density at radius 2 is 1.81 bits per heavy atom. The van der Waals surface area contributed by atoms with Gasteiger partial charge in [0.05, 0.1) is 11.9 Å². The summed E-state index contributed by atoms with van der Waals surface area (Å²) in [5.74, 6) is -0.447. The Morgan fingerprint density at radius 3 is 2.58 bits per heavy atom.